The van der Waals surface area contributed by atoms with Crippen molar-refractivity contribution in [3.63, 3.8) is 0 Å². The molecule has 21 heavy (non-hydrogen) atoms. The molecule has 0 unspecified atom stereocenters. The van der Waals surface area contributed by atoms with Gasteiger partial charge in [0.25, 0.3) is 0 Å². The second-order valence-electron chi connectivity index (χ2n) is 5.34. The third-order valence-corrected chi connectivity index (χ3v) is 3.58. The lowest BCUT2D eigenvalue weighted by molar-refractivity contribution is 0.607. The van der Waals surface area contributed by atoms with E-state index in [1.165, 1.54) is 6.07 Å². The highest BCUT2D eigenvalue weighted by Gasteiger charge is 2.27. The maximum atomic E-state index is 13.7. The first-order chi connectivity index (χ1) is 10.2. The molecule has 5 nitrogen and oxygen atoms in total. The van der Waals surface area contributed by atoms with Crippen LogP contribution in [0, 0.1) is 5.82 Å². The molecule has 0 amide bonds. The molecule has 0 bridgehead atoms. The predicted octanol–water partition coefficient (Wildman–Crippen LogP) is 2.42. The van der Waals surface area contributed by atoms with Crippen LogP contribution >= 0.6 is 0 Å². The summed E-state index contributed by atoms with van der Waals surface area (Å²) in [6.45, 7) is 0.442. The zero-order valence-electron chi connectivity index (χ0n) is 11.9. The summed E-state index contributed by atoms with van der Waals surface area (Å²) in [6, 6.07) is 8.52. The van der Waals surface area contributed by atoms with Crippen LogP contribution < -0.4 is 16.2 Å². The Balaban J connectivity index is 1.85. The lowest BCUT2D eigenvalue weighted by atomic mass is 10.2. The number of aromatic nitrogens is 2. The summed E-state index contributed by atoms with van der Waals surface area (Å²) >= 11 is 0. The molecule has 1 aromatic heterocycles. The average molecular weight is 287 g/mol. The van der Waals surface area contributed by atoms with E-state index in [-0.39, 0.29) is 5.82 Å². The summed E-state index contributed by atoms with van der Waals surface area (Å²) in [7, 11) is 1.88. The van der Waals surface area contributed by atoms with Gasteiger partial charge in [-0.1, -0.05) is 18.2 Å². The number of nitrogens with two attached hydrogens (primary N) is 1. The van der Waals surface area contributed by atoms with Gasteiger partial charge in [-0.25, -0.2) is 20.2 Å². The maximum Gasteiger partial charge on any atom is 0.145 e. The number of nitrogen functional groups attached to an aromatic ring is 1. The van der Waals surface area contributed by atoms with E-state index in [2.05, 4.69) is 15.4 Å². The Morgan fingerprint density at radius 3 is 2.76 bits per heavy atom. The van der Waals surface area contributed by atoms with Gasteiger partial charge in [-0.3, -0.25) is 0 Å². The second kappa shape index (κ2) is 5.65. The number of nitrogens with zero attached hydrogens (tertiary/aromatic N) is 3. The topological polar surface area (TPSA) is 67.1 Å². The van der Waals surface area contributed by atoms with Crippen LogP contribution in [0.15, 0.2) is 30.3 Å². The van der Waals surface area contributed by atoms with Gasteiger partial charge in [0.2, 0.25) is 0 Å². The van der Waals surface area contributed by atoms with Gasteiger partial charge in [0.1, 0.15) is 23.3 Å². The van der Waals surface area contributed by atoms with Crippen LogP contribution in [0.2, 0.25) is 0 Å². The standard InChI is InChI=1S/C15H18FN5/c1-21(9-11-4-2-3-5-12(11)16)14-8-13(20-17)18-15(19-14)10-6-7-10/h2-5,8,10H,6-7,9,17H2,1H3,(H,18,19,20). The first-order valence-electron chi connectivity index (χ1n) is 6.97. The van der Waals surface area contributed by atoms with Gasteiger partial charge >= 0.3 is 0 Å². The fourth-order valence-electron chi connectivity index (χ4n) is 2.21. The Morgan fingerprint density at radius 1 is 1.33 bits per heavy atom. The fraction of sp³-hybridized carbons (Fsp3) is 0.333. The number of rotatable bonds is 5. The van der Waals surface area contributed by atoms with Gasteiger partial charge in [-0.15, -0.1) is 0 Å². The number of anilines is 2. The highest BCUT2D eigenvalue weighted by molar-refractivity contribution is 5.49. The van der Waals surface area contributed by atoms with Crippen molar-refractivity contribution in [3.8, 4) is 0 Å². The normalized spacial score (nSPS) is 14.0. The molecule has 0 saturated heterocycles. The van der Waals surface area contributed by atoms with Crippen molar-refractivity contribution >= 4 is 11.6 Å². The summed E-state index contributed by atoms with van der Waals surface area (Å²) in [6.07, 6.45) is 2.23. The predicted molar refractivity (Wildman–Crippen MR) is 80.3 cm³/mol. The molecule has 1 fully saturated rings. The molecule has 110 valence electrons. The zero-order valence-corrected chi connectivity index (χ0v) is 11.9. The van der Waals surface area contributed by atoms with Crippen LogP contribution in [-0.4, -0.2) is 17.0 Å². The van der Waals surface area contributed by atoms with Gasteiger partial charge in [-0.2, -0.15) is 0 Å². The highest BCUT2D eigenvalue weighted by Crippen LogP contribution is 2.39. The SMILES string of the molecule is CN(Cc1ccccc1F)c1cc(NN)nc(C2CC2)n1. The average Bonchev–Trinajstić information content (AvgIpc) is 3.34. The number of hydrogen-bond acceptors (Lipinski definition) is 5. The summed E-state index contributed by atoms with van der Waals surface area (Å²) in [4.78, 5) is 10.8. The lowest BCUT2D eigenvalue weighted by Crippen LogP contribution is -2.20. The fourth-order valence-corrected chi connectivity index (χ4v) is 2.21. The summed E-state index contributed by atoms with van der Waals surface area (Å²) < 4.78 is 13.7. The highest BCUT2D eigenvalue weighted by atomic mass is 19.1. The second-order valence-corrected chi connectivity index (χ2v) is 5.34. The molecule has 0 radical (unpaired) electrons. The third kappa shape index (κ3) is 3.11. The van der Waals surface area contributed by atoms with Gasteiger partial charge < -0.3 is 10.3 Å². The molecular weight excluding hydrogens is 269 g/mol. The minimum absolute atomic E-state index is 0.210. The van der Waals surface area contributed by atoms with E-state index in [0.717, 1.165) is 24.5 Å². The van der Waals surface area contributed by atoms with E-state index in [0.29, 0.717) is 23.8 Å². The molecule has 1 saturated carbocycles. The van der Waals surface area contributed by atoms with Crippen molar-refractivity contribution in [3.05, 3.63) is 47.5 Å². The number of benzene rings is 1. The van der Waals surface area contributed by atoms with Crippen molar-refractivity contribution in [1.82, 2.24) is 9.97 Å². The molecule has 0 atom stereocenters. The largest absolute Gasteiger partial charge is 0.355 e. The molecule has 3 N–H and O–H groups in total. The summed E-state index contributed by atoms with van der Waals surface area (Å²) in [5, 5.41) is 0. The Morgan fingerprint density at radius 2 is 2.10 bits per heavy atom. The molecule has 6 heteroatoms. The smallest absolute Gasteiger partial charge is 0.145 e. The van der Waals surface area contributed by atoms with E-state index >= 15 is 0 Å². The van der Waals surface area contributed by atoms with Crippen molar-refractivity contribution in [2.75, 3.05) is 17.4 Å². The van der Waals surface area contributed by atoms with Crippen molar-refractivity contribution in [1.29, 1.82) is 0 Å². The third-order valence-electron chi connectivity index (χ3n) is 3.58. The monoisotopic (exact) mass is 287 g/mol. The summed E-state index contributed by atoms with van der Waals surface area (Å²) in [5.41, 5.74) is 3.20. The molecular formula is C15H18FN5. The molecule has 1 aromatic carbocycles. The van der Waals surface area contributed by atoms with Gasteiger partial charge in [0.05, 0.1) is 0 Å². The van der Waals surface area contributed by atoms with Crippen LogP contribution in [0.3, 0.4) is 0 Å². The van der Waals surface area contributed by atoms with Gasteiger partial charge in [0, 0.05) is 31.1 Å². The van der Waals surface area contributed by atoms with Crippen molar-refractivity contribution < 1.29 is 4.39 Å². The molecule has 1 heterocycles. The van der Waals surface area contributed by atoms with Crippen LogP contribution in [0.4, 0.5) is 16.0 Å². The molecule has 2 aromatic rings. The quantitative estimate of drug-likeness (QED) is 0.653. The van der Waals surface area contributed by atoms with Crippen molar-refractivity contribution in [2.24, 2.45) is 5.84 Å². The number of hydrazine groups is 1. The van der Waals surface area contributed by atoms with Crippen molar-refractivity contribution in [2.45, 2.75) is 25.3 Å². The van der Waals surface area contributed by atoms with Crippen LogP contribution in [0.25, 0.3) is 0 Å². The maximum absolute atomic E-state index is 13.7. The number of hydrogen-bond donors (Lipinski definition) is 2. The lowest BCUT2D eigenvalue weighted by Gasteiger charge is -2.20. The first kappa shape index (κ1) is 13.8. The Hall–Kier alpha value is -2.21. The van der Waals surface area contributed by atoms with E-state index < -0.39 is 0 Å². The van der Waals surface area contributed by atoms with E-state index in [1.54, 1.807) is 18.2 Å². The first-order valence-corrected chi connectivity index (χ1v) is 6.97. The van der Waals surface area contributed by atoms with Crippen LogP contribution in [0.5, 0.6) is 0 Å². The molecule has 0 spiro atoms. The summed E-state index contributed by atoms with van der Waals surface area (Å²) in [5.74, 6) is 7.82. The van der Waals surface area contributed by atoms with Gasteiger partial charge in [-0.05, 0) is 18.9 Å². The van der Waals surface area contributed by atoms with Crippen LogP contribution in [-0.2, 0) is 6.54 Å². The van der Waals surface area contributed by atoms with E-state index in [4.69, 9.17) is 5.84 Å². The number of halogens is 1. The van der Waals surface area contributed by atoms with E-state index in [1.807, 2.05) is 18.0 Å². The molecule has 0 aliphatic heterocycles. The number of nitrogens with one attached hydrogen (secondary N) is 1. The molecule has 3 rings (SSSR count). The minimum Gasteiger partial charge on any atom is -0.355 e. The Labute approximate surface area is 123 Å². The minimum atomic E-state index is -0.210. The van der Waals surface area contributed by atoms with Gasteiger partial charge in [0.15, 0.2) is 0 Å². The molecule has 1 aliphatic rings. The van der Waals surface area contributed by atoms with Crippen LogP contribution in [0.1, 0.15) is 30.1 Å². The molecule has 1 aliphatic carbocycles. The Bertz CT molecular complexity index is 642. The Kier molecular flexibility index (Phi) is 3.70. The zero-order chi connectivity index (χ0) is 14.8. The van der Waals surface area contributed by atoms with E-state index in [9.17, 15) is 4.39 Å².